The van der Waals surface area contributed by atoms with Crippen molar-refractivity contribution in [2.75, 3.05) is 0 Å². The Balaban J connectivity index is 0.000000262. The first-order valence-electron chi connectivity index (χ1n) is 13.5. The van der Waals surface area contributed by atoms with Crippen LogP contribution in [0.5, 0.6) is 0 Å². The molecule has 7 heteroatoms. The molecule has 0 amide bonds. The Morgan fingerprint density at radius 3 is 0.533 bits per heavy atom. The summed E-state index contributed by atoms with van der Waals surface area (Å²) in [5.41, 5.74) is 0. The van der Waals surface area contributed by atoms with Gasteiger partial charge < -0.3 is 9.59 Å². The van der Waals surface area contributed by atoms with Gasteiger partial charge >= 0.3 is 34.7 Å². The van der Waals surface area contributed by atoms with Crippen molar-refractivity contribution in [2.24, 2.45) is 0 Å². The summed E-state index contributed by atoms with van der Waals surface area (Å²) < 4.78 is 0. The molecule has 6 aromatic carbocycles. The summed E-state index contributed by atoms with van der Waals surface area (Å²) in [7, 11) is 8.91. The van der Waals surface area contributed by atoms with Gasteiger partial charge in [-0.25, -0.2) is 0 Å². The molecule has 6 rings (SSSR count). The van der Waals surface area contributed by atoms with Crippen LogP contribution in [0.15, 0.2) is 182 Å². The van der Waals surface area contributed by atoms with Crippen molar-refractivity contribution >= 4 is 80.5 Å². The van der Waals surface area contributed by atoms with E-state index < -0.39 is 31.3 Å². The van der Waals surface area contributed by atoms with Crippen LogP contribution >= 0.6 is 35.1 Å². The van der Waals surface area contributed by atoms with Crippen LogP contribution in [0.1, 0.15) is 0 Å². The van der Waals surface area contributed by atoms with Crippen LogP contribution < -0.4 is 31.8 Å². The molecule has 0 unspecified atom stereocenters. The zero-order valence-electron chi connectivity index (χ0n) is 24.3. The van der Waals surface area contributed by atoms with E-state index in [1.165, 1.54) is 31.8 Å². The van der Waals surface area contributed by atoms with Crippen molar-refractivity contribution in [3.8, 4) is 0 Å². The first kappa shape index (κ1) is 37.9. The van der Waals surface area contributed by atoms with Crippen molar-refractivity contribution < 1.29 is 25.0 Å². The molecule has 0 fully saturated rings. The van der Waals surface area contributed by atoms with E-state index in [-0.39, 0.29) is 0 Å². The Labute approximate surface area is 285 Å². The fourth-order valence-electron chi connectivity index (χ4n) is 4.36. The molecule has 0 saturated carbocycles. The van der Waals surface area contributed by atoms with Gasteiger partial charge in [0.05, 0.1) is 0 Å². The van der Waals surface area contributed by atoms with Gasteiger partial charge in [0.2, 0.25) is 0 Å². The van der Waals surface area contributed by atoms with E-state index in [2.05, 4.69) is 196 Å². The predicted octanol–water partition coefficient (Wildman–Crippen LogP) is 7.72. The molecule has 230 valence electrons. The van der Waals surface area contributed by atoms with Crippen LogP contribution in [0.4, 0.5) is 0 Å². The van der Waals surface area contributed by atoms with Gasteiger partial charge in [-0.3, -0.25) is 13.6 Å². The first-order valence-corrected chi connectivity index (χ1v) is 22.5. The van der Waals surface area contributed by atoms with Gasteiger partial charge in [-0.2, -0.15) is 0 Å². The quantitative estimate of drug-likeness (QED) is 0.0979. The second-order valence-corrected chi connectivity index (χ2v) is 16.8. The zero-order valence-corrected chi connectivity index (χ0v) is 30.1. The van der Waals surface area contributed by atoms with Crippen LogP contribution in [0, 0.1) is 0 Å². The molecule has 0 N–H and O–H groups in total. The maximum absolute atomic E-state index is 7.75. The smallest absolute Gasteiger partial charge is 0.0134 e. The summed E-state index contributed by atoms with van der Waals surface area (Å²) in [5, 5.41) is 8.39. The number of hydrogen-bond donors (Lipinski definition) is 0. The standard InChI is InChI=1S/2C18H15P.2CHO.2ClH.Os/c2*1-4-10-16(11-5-1)19(17-12-6-2-7-13-17)18-14-8-3-9-15-18;2*1-2;;;/h2*1-15H;2*1H;2*1H;/q;;2*-1;;;+2/p-2. The maximum Gasteiger partial charge on any atom is -0.0134 e. The molecular weight excluding hydrogens is 811 g/mol. The third kappa shape index (κ3) is 12.9. The fourth-order valence-corrected chi connectivity index (χ4v) is 8.97. The molecule has 6 aromatic rings. The van der Waals surface area contributed by atoms with Gasteiger partial charge in [0.15, 0.2) is 0 Å². The average molecular weight is 844 g/mol. The van der Waals surface area contributed by atoms with E-state index in [0.717, 1.165) is 0 Å². The Hall–Kier alpha value is -3.26. The second kappa shape index (κ2) is 24.0. The molecule has 2 nitrogen and oxygen atoms in total. The molecule has 0 aliphatic rings. The fraction of sp³-hybridized carbons (Fsp3) is 0. The third-order valence-corrected chi connectivity index (χ3v) is 11.0. The second-order valence-electron chi connectivity index (χ2n) is 8.73. The van der Waals surface area contributed by atoms with Gasteiger partial charge in [0, 0.05) is 0 Å². The number of halogens is 2. The van der Waals surface area contributed by atoms with Crippen LogP contribution in [-0.2, 0) is 25.0 Å². The van der Waals surface area contributed by atoms with Gasteiger partial charge in [0.1, 0.15) is 0 Å². The average Bonchev–Trinajstić information content (AvgIpc) is 3.14. The van der Waals surface area contributed by atoms with Crippen molar-refractivity contribution in [1.29, 1.82) is 0 Å². The van der Waals surface area contributed by atoms with Crippen molar-refractivity contribution in [2.45, 2.75) is 0 Å². The maximum atomic E-state index is 7.75. The zero-order chi connectivity index (χ0) is 32.5. The monoisotopic (exact) mass is 844 g/mol. The number of carbonyl (C=O) groups excluding carboxylic acids is 2. The Morgan fingerprint density at radius 2 is 0.422 bits per heavy atom. The minimum absolute atomic E-state index is 0.446. The minimum atomic E-state index is -0.639. The van der Waals surface area contributed by atoms with Crippen LogP contribution in [0.2, 0.25) is 0 Å². The van der Waals surface area contributed by atoms with Gasteiger partial charge in [-0.1, -0.05) is 182 Å². The summed E-state index contributed by atoms with van der Waals surface area (Å²) in [4.78, 5) is 15.5. The predicted molar refractivity (Wildman–Crippen MR) is 196 cm³/mol. The molecule has 0 bridgehead atoms. The molecule has 45 heavy (non-hydrogen) atoms. The molecule has 0 aromatic heterocycles. The minimum Gasteiger partial charge on any atom is -0.0622 e. The van der Waals surface area contributed by atoms with Crippen molar-refractivity contribution in [1.82, 2.24) is 0 Å². The Bertz CT molecular complexity index is 1240. The Morgan fingerprint density at radius 1 is 0.311 bits per heavy atom. The number of rotatable bonds is 6. The molecule has 0 aliphatic carbocycles. The van der Waals surface area contributed by atoms with Crippen LogP contribution in [0.3, 0.4) is 0 Å². The summed E-state index contributed by atoms with van der Waals surface area (Å²) in [6.45, 7) is 6.50. The van der Waals surface area contributed by atoms with E-state index in [9.17, 15) is 0 Å². The van der Waals surface area contributed by atoms with Crippen molar-refractivity contribution in [3.05, 3.63) is 182 Å². The molecule has 0 spiro atoms. The van der Waals surface area contributed by atoms with E-state index in [0.29, 0.717) is 0 Å². The third-order valence-electron chi connectivity index (χ3n) is 6.09. The normalized spacial score (nSPS) is 9.60. The number of hydrogen-bond acceptors (Lipinski definition) is 2. The molecule has 0 heterocycles. The van der Waals surface area contributed by atoms with Crippen LogP contribution in [-0.4, -0.2) is 13.6 Å². The van der Waals surface area contributed by atoms with E-state index in [4.69, 9.17) is 28.9 Å². The van der Waals surface area contributed by atoms with Gasteiger partial charge in [0.25, 0.3) is 0 Å². The van der Waals surface area contributed by atoms with E-state index >= 15 is 0 Å². The topological polar surface area (TPSA) is 34.1 Å². The van der Waals surface area contributed by atoms with Crippen LogP contribution in [0.25, 0.3) is 0 Å². The van der Waals surface area contributed by atoms with E-state index in [1.54, 1.807) is 0 Å². The molecule has 0 atom stereocenters. The molecular formula is C38H32Cl2O2OsP2-2. The summed E-state index contributed by atoms with van der Waals surface area (Å²) in [5.74, 6) is 0. The largest absolute Gasteiger partial charge is 0.0622 e. The summed E-state index contributed by atoms with van der Waals surface area (Å²) >= 11 is -0.639. The SMILES string of the molecule is [CH-]=O.[CH-]=O.[Cl][Os][Cl].c1ccc(P(c2ccccc2)c2ccccc2)cc1.c1ccc(P(c2ccccc2)c2ccccc2)cc1. The molecule has 0 saturated heterocycles. The van der Waals surface area contributed by atoms with Gasteiger partial charge in [-0.15, -0.1) is 0 Å². The van der Waals surface area contributed by atoms with E-state index in [1.807, 2.05) is 0 Å². The van der Waals surface area contributed by atoms with Crippen molar-refractivity contribution in [3.63, 3.8) is 0 Å². The summed E-state index contributed by atoms with van der Waals surface area (Å²) in [6.07, 6.45) is 0. The van der Waals surface area contributed by atoms with Gasteiger partial charge in [-0.05, 0) is 47.7 Å². The molecule has 0 radical (unpaired) electrons. The molecule has 0 aliphatic heterocycles. The summed E-state index contributed by atoms with van der Waals surface area (Å²) in [6, 6.07) is 64.7. The Kier molecular flexibility index (Phi) is 20.3. The number of benzene rings is 6. The first-order chi connectivity index (χ1) is 22.3.